The van der Waals surface area contributed by atoms with Crippen LogP contribution in [0.2, 0.25) is 0 Å². The van der Waals surface area contributed by atoms with Crippen molar-refractivity contribution in [1.82, 2.24) is 0 Å². The first-order valence-corrected chi connectivity index (χ1v) is 7.75. The van der Waals surface area contributed by atoms with Crippen LogP contribution in [-0.4, -0.2) is 13.2 Å². The monoisotopic (exact) mass is 327 g/mol. The Morgan fingerprint density at radius 1 is 1.26 bits per heavy atom. The molecular formula is C15H22BrNO2. The average Bonchev–Trinajstić information content (AvgIpc) is 2.62. The van der Waals surface area contributed by atoms with Gasteiger partial charge in [-0.3, -0.25) is 0 Å². The van der Waals surface area contributed by atoms with Crippen molar-refractivity contribution in [2.75, 3.05) is 13.2 Å². The maximum atomic E-state index is 6.32. The van der Waals surface area contributed by atoms with Gasteiger partial charge in [0.05, 0.1) is 13.2 Å². The lowest BCUT2D eigenvalue weighted by molar-refractivity contribution is 0.297. The molecule has 1 aliphatic rings. The molecule has 2 rings (SSSR count). The fourth-order valence-corrected chi connectivity index (χ4v) is 2.83. The number of rotatable bonds is 4. The number of hydrogen-bond donors (Lipinski definition) is 1. The van der Waals surface area contributed by atoms with E-state index in [0.29, 0.717) is 19.1 Å². The van der Waals surface area contributed by atoms with Gasteiger partial charge in [-0.25, -0.2) is 0 Å². The number of nitrogens with two attached hydrogens (primary N) is 1. The minimum atomic E-state index is 0.0291. The van der Waals surface area contributed by atoms with Crippen molar-refractivity contribution in [2.24, 2.45) is 11.7 Å². The molecule has 2 atom stereocenters. The molecule has 1 aliphatic heterocycles. The van der Waals surface area contributed by atoms with Crippen LogP contribution in [0.25, 0.3) is 0 Å². The Kier molecular flexibility index (Phi) is 5.11. The molecule has 0 bridgehead atoms. The van der Waals surface area contributed by atoms with E-state index in [0.717, 1.165) is 40.8 Å². The summed E-state index contributed by atoms with van der Waals surface area (Å²) < 4.78 is 12.4. The molecule has 0 spiro atoms. The van der Waals surface area contributed by atoms with Gasteiger partial charge in [-0.2, -0.15) is 0 Å². The molecule has 1 aromatic carbocycles. The maximum Gasteiger partial charge on any atom is 0.162 e. The maximum absolute atomic E-state index is 6.32. The van der Waals surface area contributed by atoms with E-state index in [-0.39, 0.29) is 6.04 Å². The Morgan fingerprint density at radius 3 is 2.53 bits per heavy atom. The molecular weight excluding hydrogens is 306 g/mol. The van der Waals surface area contributed by atoms with Gasteiger partial charge < -0.3 is 15.2 Å². The molecule has 0 fully saturated rings. The van der Waals surface area contributed by atoms with E-state index in [1.807, 2.05) is 12.1 Å². The quantitative estimate of drug-likeness (QED) is 0.907. The summed E-state index contributed by atoms with van der Waals surface area (Å²) in [5.74, 6) is 2.25. The van der Waals surface area contributed by atoms with Gasteiger partial charge in [-0.15, -0.1) is 0 Å². The van der Waals surface area contributed by atoms with Crippen LogP contribution in [0.5, 0.6) is 11.5 Å². The average molecular weight is 328 g/mol. The normalized spacial score (nSPS) is 17.7. The largest absolute Gasteiger partial charge is 0.490 e. The summed E-state index contributed by atoms with van der Waals surface area (Å²) in [5.41, 5.74) is 7.42. The van der Waals surface area contributed by atoms with Crippen LogP contribution < -0.4 is 15.2 Å². The van der Waals surface area contributed by atoms with E-state index in [1.165, 1.54) is 0 Å². The van der Waals surface area contributed by atoms with Crippen LogP contribution in [0.1, 0.15) is 44.7 Å². The summed E-state index contributed by atoms with van der Waals surface area (Å²) in [6.07, 6.45) is 3.05. The molecule has 0 amide bonds. The van der Waals surface area contributed by atoms with Gasteiger partial charge in [0.15, 0.2) is 11.5 Å². The van der Waals surface area contributed by atoms with Crippen LogP contribution in [0.15, 0.2) is 16.6 Å². The van der Waals surface area contributed by atoms with E-state index < -0.39 is 0 Å². The van der Waals surface area contributed by atoms with Gasteiger partial charge >= 0.3 is 0 Å². The van der Waals surface area contributed by atoms with Gasteiger partial charge in [-0.05, 0) is 30.0 Å². The highest BCUT2D eigenvalue weighted by atomic mass is 79.9. The molecule has 0 saturated carbocycles. The van der Waals surface area contributed by atoms with E-state index in [4.69, 9.17) is 15.2 Å². The van der Waals surface area contributed by atoms with Crippen molar-refractivity contribution in [3.05, 3.63) is 22.2 Å². The topological polar surface area (TPSA) is 44.5 Å². The van der Waals surface area contributed by atoms with Crippen LogP contribution in [0.3, 0.4) is 0 Å². The number of hydrogen-bond acceptors (Lipinski definition) is 3. The van der Waals surface area contributed by atoms with Gasteiger partial charge in [-0.1, -0.05) is 36.2 Å². The zero-order valence-electron chi connectivity index (χ0n) is 11.6. The van der Waals surface area contributed by atoms with Crippen LogP contribution in [0.4, 0.5) is 0 Å². The van der Waals surface area contributed by atoms with Gasteiger partial charge in [0.2, 0.25) is 0 Å². The molecule has 1 heterocycles. The lowest BCUT2D eigenvalue weighted by Crippen LogP contribution is -2.14. The first-order valence-electron chi connectivity index (χ1n) is 6.96. The zero-order valence-corrected chi connectivity index (χ0v) is 13.2. The van der Waals surface area contributed by atoms with Crippen molar-refractivity contribution < 1.29 is 9.47 Å². The first kappa shape index (κ1) is 14.7. The Bertz CT molecular complexity index is 436. The number of benzene rings is 1. The van der Waals surface area contributed by atoms with Crippen molar-refractivity contribution in [3.63, 3.8) is 0 Å². The lowest BCUT2D eigenvalue weighted by Gasteiger charge is -2.19. The summed E-state index contributed by atoms with van der Waals surface area (Å²) in [7, 11) is 0. The predicted molar refractivity (Wildman–Crippen MR) is 80.7 cm³/mol. The summed E-state index contributed by atoms with van der Waals surface area (Å²) >= 11 is 3.60. The standard InChI is InChI=1S/C15H22BrNO2/c1-3-10(2)7-13(17)11-8-14-15(9-12(11)16)19-6-4-5-18-14/h8-10,13H,3-7,17H2,1-2H3. The first-order chi connectivity index (χ1) is 9.11. The van der Waals surface area contributed by atoms with E-state index >= 15 is 0 Å². The highest BCUT2D eigenvalue weighted by Gasteiger charge is 2.18. The highest BCUT2D eigenvalue weighted by molar-refractivity contribution is 9.10. The predicted octanol–water partition coefficient (Wildman–Crippen LogP) is 4.05. The van der Waals surface area contributed by atoms with Crippen LogP contribution in [0, 0.1) is 5.92 Å². The van der Waals surface area contributed by atoms with Crippen LogP contribution in [-0.2, 0) is 0 Å². The number of fused-ring (bicyclic) bond motifs is 1. The number of ether oxygens (including phenoxy) is 2. The highest BCUT2D eigenvalue weighted by Crippen LogP contribution is 2.38. The molecule has 4 heteroatoms. The molecule has 1 aromatic rings. The fourth-order valence-electron chi connectivity index (χ4n) is 2.21. The van der Waals surface area contributed by atoms with Gasteiger partial charge in [0.1, 0.15) is 0 Å². The molecule has 2 unspecified atom stereocenters. The van der Waals surface area contributed by atoms with Crippen molar-refractivity contribution in [2.45, 2.75) is 39.2 Å². The Labute approximate surface area is 123 Å². The minimum absolute atomic E-state index is 0.0291. The van der Waals surface area contributed by atoms with Crippen molar-refractivity contribution in [3.8, 4) is 11.5 Å². The lowest BCUT2D eigenvalue weighted by atomic mass is 9.95. The van der Waals surface area contributed by atoms with E-state index in [1.54, 1.807) is 0 Å². The second-order valence-corrected chi connectivity index (χ2v) is 6.08. The van der Waals surface area contributed by atoms with E-state index in [2.05, 4.69) is 29.8 Å². The fraction of sp³-hybridized carbons (Fsp3) is 0.600. The molecule has 0 aromatic heterocycles. The van der Waals surface area contributed by atoms with Gasteiger partial charge in [0, 0.05) is 16.9 Å². The van der Waals surface area contributed by atoms with Crippen molar-refractivity contribution >= 4 is 15.9 Å². The van der Waals surface area contributed by atoms with Crippen LogP contribution >= 0.6 is 15.9 Å². The summed E-state index contributed by atoms with van der Waals surface area (Å²) in [6.45, 7) is 5.84. The molecule has 3 nitrogen and oxygen atoms in total. The third kappa shape index (κ3) is 3.63. The Hall–Kier alpha value is -0.740. The third-order valence-electron chi connectivity index (χ3n) is 3.62. The minimum Gasteiger partial charge on any atom is -0.490 e. The third-order valence-corrected chi connectivity index (χ3v) is 4.31. The zero-order chi connectivity index (χ0) is 13.8. The molecule has 19 heavy (non-hydrogen) atoms. The second-order valence-electron chi connectivity index (χ2n) is 5.23. The molecule has 0 radical (unpaired) electrons. The summed E-state index contributed by atoms with van der Waals surface area (Å²) in [6, 6.07) is 4.03. The molecule has 0 aliphatic carbocycles. The molecule has 2 N–H and O–H groups in total. The Balaban J connectivity index is 2.23. The van der Waals surface area contributed by atoms with Gasteiger partial charge in [0.25, 0.3) is 0 Å². The Morgan fingerprint density at radius 2 is 1.89 bits per heavy atom. The summed E-state index contributed by atoms with van der Waals surface area (Å²) in [4.78, 5) is 0. The van der Waals surface area contributed by atoms with E-state index in [9.17, 15) is 0 Å². The molecule has 0 saturated heterocycles. The molecule has 106 valence electrons. The smallest absolute Gasteiger partial charge is 0.162 e. The number of halogens is 1. The summed E-state index contributed by atoms with van der Waals surface area (Å²) in [5, 5.41) is 0. The second kappa shape index (κ2) is 6.62. The SMILES string of the molecule is CCC(C)CC(N)c1cc2c(cc1Br)OCCCO2. The van der Waals surface area contributed by atoms with Crippen molar-refractivity contribution in [1.29, 1.82) is 0 Å².